The minimum atomic E-state index is -0.0310. The number of carbonyl (C=O) groups excluding carboxylic acids is 1. The van der Waals surface area contributed by atoms with Crippen molar-refractivity contribution in [1.29, 1.82) is 0 Å². The maximum absolute atomic E-state index is 12.1. The van der Waals surface area contributed by atoms with E-state index in [1.54, 1.807) is 4.90 Å². The molecule has 1 fully saturated rings. The monoisotopic (exact) mass is 358 g/mol. The maximum Gasteiger partial charge on any atom is 0.317 e. The molecule has 26 heavy (non-hydrogen) atoms. The van der Waals surface area contributed by atoms with Crippen LogP contribution in [0.5, 0.6) is 0 Å². The summed E-state index contributed by atoms with van der Waals surface area (Å²) in [6.07, 6.45) is 1.46. The molecule has 1 saturated heterocycles. The summed E-state index contributed by atoms with van der Waals surface area (Å²) in [7, 11) is 0. The van der Waals surface area contributed by atoms with Crippen molar-refractivity contribution in [2.24, 2.45) is 0 Å². The van der Waals surface area contributed by atoms with Crippen molar-refractivity contribution in [3.05, 3.63) is 47.6 Å². The van der Waals surface area contributed by atoms with Crippen LogP contribution in [-0.2, 0) is 17.8 Å². The lowest BCUT2D eigenvalue weighted by atomic mass is 10.1. The van der Waals surface area contributed by atoms with Crippen molar-refractivity contribution in [2.75, 3.05) is 19.7 Å². The van der Waals surface area contributed by atoms with Gasteiger partial charge >= 0.3 is 6.03 Å². The molecule has 0 aliphatic carbocycles. The zero-order valence-electron chi connectivity index (χ0n) is 15.4. The van der Waals surface area contributed by atoms with Gasteiger partial charge in [-0.25, -0.2) is 4.79 Å². The van der Waals surface area contributed by atoms with Crippen molar-refractivity contribution in [3.8, 4) is 0 Å². The van der Waals surface area contributed by atoms with Gasteiger partial charge in [0.25, 0.3) is 0 Å². The fourth-order valence-electron chi connectivity index (χ4n) is 2.95. The summed E-state index contributed by atoms with van der Waals surface area (Å²) < 4.78 is 11.1. The van der Waals surface area contributed by atoms with E-state index in [1.807, 2.05) is 44.2 Å². The summed E-state index contributed by atoms with van der Waals surface area (Å²) in [5.74, 6) is 1.38. The lowest BCUT2D eigenvalue weighted by Gasteiger charge is -2.18. The molecular formula is C19H26N4O3. The molecule has 0 radical (unpaired) electrons. The first kappa shape index (κ1) is 18.4. The van der Waals surface area contributed by atoms with Crippen molar-refractivity contribution >= 4 is 6.03 Å². The minimum Gasteiger partial charge on any atom is -0.376 e. The average Bonchev–Trinajstić information content (AvgIpc) is 3.28. The van der Waals surface area contributed by atoms with Gasteiger partial charge in [-0.05, 0) is 25.8 Å². The number of aromatic nitrogens is 2. The van der Waals surface area contributed by atoms with Gasteiger partial charge in [0.1, 0.15) is 0 Å². The standard InChI is InChI=1S/C19H26N4O3/c1-14(2)20-19(24)23-10-8-16(12-23)18-21-17(22-26-18)9-11-25-13-15-6-4-3-5-7-15/h3-7,14,16H,8-13H2,1-2H3,(H,20,24). The minimum absolute atomic E-state index is 0.0310. The number of hydrogen-bond acceptors (Lipinski definition) is 5. The molecule has 1 atom stereocenters. The number of carbonyl (C=O) groups is 1. The van der Waals surface area contributed by atoms with Crippen LogP contribution in [0.25, 0.3) is 0 Å². The molecule has 1 aliphatic rings. The Hall–Kier alpha value is -2.41. The van der Waals surface area contributed by atoms with E-state index in [2.05, 4.69) is 15.5 Å². The molecule has 1 aliphatic heterocycles. The fraction of sp³-hybridized carbons (Fsp3) is 0.526. The Morgan fingerprint density at radius 2 is 2.19 bits per heavy atom. The third-order valence-corrected chi connectivity index (χ3v) is 4.30. The average molecular weight is 358 g/mol. The van der Waals surface area contributed by atoms with E-state index in [9.17, 15) is 4.79 Å². The number of ether oxygens (including phenoxy) is 1. The van der Waals surface area contributed by atoms with Gasteiger partial charge in [-0.3, -0.25) is 0 Å². The molecule has 140 valence electrons. The van der Waals surface area contributed by atoms with Gasteiger partial charge in [-0.15, -0.1) is 0 Å². The predicted octanol–water partition coefficient (Wildman–Crippen LogP) is 2.74. The Bertz CT molecular complexity index is 702. The van der Waals surface area contributed by atoms with Crippen LogP contribution in [0.3, 0.4) is 0 Å². The molecule has 2 aromatic rings. The molecular weight excluding hydrogens is 332 g/mol. The first-order chi connectivity index (χ1) is 12.6. The number of hydrogen-bond donors (Lipinski definition) is 1. The van der Waals surface area contributed by atoms with Gasteiger partial charge < -0.3 is 19.5 Å². The second kappa shape index (κ2) is 8.80. The van der Waals surface area contributed by atoms with Gasteiger partial charge in [-0.2, -0.15) is 4.98 Å². The summed E-state index contributed by atoms with van der Waals surface area (Å²) in [5, 5.41) is 6.95. The SMILES string of the molecule is CC(C)NC(=O)N1CCC(c2nc(CCOCc3ccccc3)no2)C1. The summed E-state index contributed by atoms with van der Waals surface area (Å²) in [5.41, 5.74) is 1.15. The smallest absolute Gasteiger partial charge is 0.317 e. The summed E-state index contributed by atoms with van der Waals surface area (Å²) in [4.78, 5) is 18.3. The van der Waals surface area contributed by atoms with Crippen LogP contribution in [0, 0.1) is 0 Å². The van der Waals surface area contributed by atoms with Crippen molar-refractivity contribution < 1.29 is 14.1 Å². The second-order valence-electron chi connectivity index (χ2n) is 6.87. The molecule has 1 unspecified atom stereocenters. The van der Waals surface area contributed by atoms with Crippen molar-refractivity contribution in [2.45, 2.75) is 45.3 Å². The number of nitrogens with one attached hydrogen (secondary N) is 1. The van der Waals surface area contributed by atoms with E-state index in [0.717, 1.165) is 12.0 Å². The molecule has 0 spiro atoms. The first-order valence-electron chi connectivity index (χ1n) is 9.11. The van der Waals surface area contributed by atoms with Crippen molar-refractivity contribution in [1.82, 2.24) is 20.4 Å². The molecule has 2 amide bonds. The Morgan fingerprint density at radius 3 is 2.96 bits per heavy atom. The number of urea groups is 1. The molecule has 7 heteroatoms. The van der Waals surface area contributed by atoms with Crippen LogP contribution >= 0.6 is 0 Å². The Labute approximate surface area is 153 Å². The Morgan fingerprint density at radius 1 is 1.38 bits per heavy atom. The van der Waals surface area contributed by atoms with Crippen LogP contribution in [0.15, 0.2) is 34.9 Å². The van der Waals surface area contributed by atoms with Crippen LogP contribution in [0.4, 0.5) is 4.79 Å². The highest BCUT2D eigenvalue weighted by atomic mass is 16.5. The van der Waals surface area contributed by atoms with E-state index in [1.165, 1.54) is 0 Å². The fourth-order valence-corrected chi connectivity index (χ4v) is 2.95. The molecule has 1 aromatic heterocycles. The summed E-state index contributed by atoms with van der Waals surface area (Å²) in [6, 6.07) is 10.2. The third kappa shape index (κ3) is 5.05. The zero-order valence-corrected chi connectivity index (χ0v) is 15.4. The van der Waals surface area contributed by atoms with Crippen LogP contribution in [0.2, 0.25) is 0 Å². The van der Waals surface area contributed by atoms with E-state index in [0.29, 0.717) is 44.4 Å². The highest BCUT2D eigenvalue weighted by Gasteiger charge is 2.31. The number of benzene rings is 1. The Kier molecular flexibility index (Phi) is 6.22. The number of nitrogens with zero attached hydrogens (tertiary/aromatic N) is 3. The summed E-state index contributed by atoms with van der Waals surface area (Å²) >= 11 is 0. The van der Waals surface area contributed by atoms with E-state index in [-0.39, 0.29) is 18.0 Å². The summed E-state index contributed by atoms with van der Waals surface area (Å²) in [6.45, 7) is 6.35. The highest BCUT2D eigenvalue weighted by Crippen LogP contribution is 2.26. The predicted molar refractivity (Wildman–Crippen MR) is 96.7 cm³/mol. The van der Waals surface area contributed by atoms with Crippen LogP contribution < -0.4 is 5.32 Å². The molecule has 0 saturated carbocycles. The van der Waals surface area contributed by atoms with Crippen LogP contribution in [0.1, 0.15) is 43.5 Å². The van der Waals surface area contributed by atoms with Gasteiger partial charge in [0.2, 0.25) is 5.89 Å². The van der Waals surface area contributed by atoms with Crippen molar-refractivity contribution in [3.63, 3.8) is 0 Å². The quantitative estimate of drug-likeness (QED) is 0.770. The topological polar surface area (TPSA) is 80.5 Å². The van der Waals surface area contributed by atoms with Crippen LogP contribution in [-0.4, -0.2) is 46.8 Å². The lowest BCUT2D eigenvalue weighted by molar-refractivity contribution is 0.122. The Balaban J connectivity index is 1.42. The molecule has 2 heterocycles. The molecule has 7 nitrogen and oxygen atoms in total. The normalized spacial score (nSPS) is 17.0. The lowest BCUT2D eigenvalue weighted by Crippen LogP contribution is -2.41. The van der Waals surface area contributed by atoms with Gasteiger partial charge in [0.05, 0.1) is 19.1 Å². The number of likely N-dealkylation sites (tertiary alicyclic amines) is 1. The third-order valence-electron chi connectivity index (χ3n) is 4.30. The van der Waals surface area contributed by atoms with Gasteiger partial charge in [0, 0.05) is 25.6 Å². The van der Waals surface area contributed by atoms with Gasteiger partial charge in [0.15, 0.2) is 5.82 Å². The molecule has 1 N–H and O–H groups in total. The highest BCUT2D eigenvalue weighted by molar-refractivity contribution is 5.74. The molecule has 1 aromatic carbocycles. The molecule has 0 bridgehead atoms. The van der Waals surface area contributed by atoms with E-state index >= 15 is 0 Å². The number of rotatable bonds is 7. The molecule has 3 rings (SSSR count). The van der Waals surface area contributed by atoms with Gasteiger partial charge in [-0.1, -0.05) is 35.5 Å². The van der Waals surface area contributed by atoms with E-state index < -0.39 is 0 Å². The zero-order chi connectivity index (χ0) is 18.4. The maximum atomic E-state index is 12.1. The number of amides is 2. The van der Waals surface area contributed by atoms with E-state index in [4.69, 9.17) is 9.26 Å². The largest absolute Gasteiger partial charge is 0.376 e. The first-order valence-corrected chi connectivity index (χ1v) is 9.11. The second-order valence-corrected chi connectivity index (χ2v) is 6.87.